The molecule has 20 heavy (non-hydrogen) atoms. The van der Waals surface area contributed by atoms with E-state index < -0.39 is 0 Å². The fraction of sp³-hybridized carbons (Fsp3) is 0.267. The molecule has 0 aliphatic rings. The first-order valence-electron chi connectivity index (χ1n) is 6.33. The topological polar surface area (TPSA) is 75.7 Å². The molecule has 0 unspecified atom stereocenters. The molecule has 1 heterocycles. The fourth-order valence-electron chi connectivity index (χ4n) is 1.99. The van der Waals surface area contributed by atoms with Crippen LogP contribution in [0.15, 0.2) is 28.1 Å². The Balaban J connectivity index is 2.48. The van der Waals surface area contributed by atoms with E-state index in [0.717, 1.165) is 16.2 Å². The first kappa shape index (κ1) is 14.5. The number of aryl methyl sites for hydroxylation is 3. The van der Waals surface area contributed by atoms with Crippen molar-refractivity contribution in [3.8, 4) is 0 Å². The second-order valence-electron chi connectivity index (χ2n) is 4.88. The number of nitrogens with one attached hydrogen (secondary N) is 1. The number of aromatic nitrogens is 2. The van der Waals surface area contributed by atoms with Crippen LogP contribution < -0.4 is 5.73 Å². The molecule has 1 aromatic carbocycles. The third-order valence-electron chi connectivity index (χ3n) is 3.23. The Kier molecular flexibility index (Phi) is 4.09. The molecule has 104 valence electrons. The lowest BCUT2D eigenvalue weighted by molar-refractivity contribution is 0.872. The van der Waals surface area contributed by atoms with Gasteiger partial charge in [-0.3, -0.25) is 5.41 Å². The average molecular weight is 286 g/mol. The predicted octanol–water partition coefficient (Wildman–Crippen LogP) is 3.15. The van der Waals surface area contributed by atoms with E-state index >= 15 is 0 Å². The van der Waals surface area contributed by atoms with Gasteiger partial charge in [-0.25, -0.2) is 0 Å². The van der Waals surface area contributed by atoms with Crippen molar-refractivity contribution >= 4 is 17.6 Å². The van der Waals surface area contributed by atoms with Crippen molar-refractivity contribution in [2.24, 2.45) is 5.73 Å². The van der Waals surface area contributed by atoms with Gasteiger partial charge in [-0.15, -0.1) is 5.10 Å². The van der Waals surface area contributed by atoms with Gasteiger partial charge in [-0.1, -0.05) is 29.5 Å². The smallest absolute Gasteiger partial charge is 0.135 e. The van der Waals surface area contributed by atoms with Crippen molar-refractivity contribution in [3.63, 3.8) is 0 Å². The highest BCUT2D eigenvalue weighted by Gasteiger charge is 2.15. The zero-order chi connectivity index (χ0) is 14.9. The Bertz CT molecular complexity index is 680. The van der Waals surface area contributed by atoms with Crippen LogP contribution >= 0.6 is 11.8 Å². The maximum Gasteiger partial charge on any atom is 0.135 e. The summed E-state index contributed by atoms with van der Waals surface area (Å²) in [5, 5.41) is 16.8. The van der Waals surface area contributed by atoms with Crippen LogP contribution in [0.4, 0.5) is 0 Å². The van der Waals surface area contributed by atoms with Gasteiger partial charge in [0.05, 0.1) is 11.3 Å². The summed E-state index contributed by atoms with van der Waals surface area (Å²) in [6, 6.07) is 6.26. The quantitative estimate of drug-likeness (QED) is 0.671. The largest absolute Gasteiger partial charge is 0.384 e. The predicted molar refractivity (Wildman–Crippen MR) is 82.6 cm³/mol. The highest BCUT2D eigenvalue weighted by molar-refractivity contribution is 7.99. The number of nitrogens with zero attached hydrogens (tertiary/aromatic N) is 2. The number of amidine groups is 1. The van der Waals surface area contributed by atoms with Crippen LogP contribution in [0.2, 0.25) is 0 Å². The summed E-state index contributed by atoms with van der Waals surface area (Å²) in [5.74, 6) is 0.0350. The third kappa shape index (κ3) is 2.82. The summed E-state index contributed by atoms with van der Waals surface area (Å²) in [5.41, 5.74) is 10.5. The molecule has 0 saturated carbocycles. The molecule has 0 saturated heterocycles. The van der Waals surface area contributed by atoms with Gasteiger partial charge >= 0.3 is 0 Å². The molecule has 0 spiro atoms. The summed E-state index contributed by atoms with van der Waals surface area (Å²) in [7, 11) is 0. The van der Waals surface area contributed by atoms with Crippen molar-refractivity contribution < 1.29 is 0 Å². The van der Waals surface area contributed by atoms with E-state index in [2.05, 4.69) is 42.2 Å². The van der Waals surface area contributed by atoms with E-state index in [1.165, 1.54) is 22.9 Å². The number of rotatable bonds is 3. The van der Waals surface area contributed by atoms with E-state index in [1.54, 1.807) is 0 Å². The van der Waals surface area contributed by atoms with Crippen LogP contribution in [-0.2, 0) is 0 Å². The number of hydrogen-bond donors (Lipinski definition) is 2. The molecule has 3 N–H and O–H groups in total. The van der Waals surface area contributed by atoms with Gasteiger partial charge in [0.15, 0.2) is 0 Å². The van der Waals surface area contributed by atoms with Crippen LogP contribution in [0.25, 0.3) is 0 Å². The Morgan fingerprint density at radius 3 is 2.45 bits per heavy atom. The van der Waals surface area contributed by atoms with E-state index in [-0.39, 0.29) is 5.84 Å². The molecule has 2 rings (SSSR count). The van der Waals surface area contributed by atoms with E-state index in [0.29, 0.717) is 10.6 Å². The zero-order valence-corrected chi connectivity index (χ0v) is 12.9. The van der Waals surface area contributed by atoms with Gasteiger partial charge < -0.3 is 5.73 Å². The summed E-state index contributed by atoms with van der Waals surface area (Å²) in [6.07, 6.45) is 0. The zero-order valence-electron chi connectivity index (χ0n) is 12.1. The van der Waals surface area contributed by atoms with Gasteiger partial charge in [0.25, 0.3) is 0 Å². The second-order valence-corrected chi connectivity index (χ2v) is 5.91. The molecule has 0 radical (unpaired) electrons. The Hall–Kier alpha value is -1.88. The Labute approximate surface area is 123 Å². The molecule has 0 amide bonds. The highest BCUT2D eigenvalue weighted by Crippen LogP contribution is 2.32. The maximum atomic E-state index is 7.76. The van der Waals surface area contributed by atoms with Crippen LogP contribution in [0.1, 0.15) is 27.9 Å². The molecule has 0 aliphatic carbocycles. The molecule has 5 heteroatoms. The highest BCUT2D eigenvalue weighted by atomic mass is 32.2. The lowest BCUT2D eigenvalue weighted by Crippen LogP contribution is -2.16. The average Bonchev–Trinajstić information content (AvgIpc) is 2.36. The van der Waals surface area contributed by atoms with Gasteiger partial charge in [0.1, 0.15) is 10.9 Å². The van der Waals surface area contributed by atoms with Gasteiger partial charge in [-0.2, -0.15) is 5.10 Å². The number of benzene rings is 1. The maximum absolute atomic E-state index is 7.76. The van der Waals surface area contributed by atoms with Gasteiger partial charge in [0, 0.05) is 4.90 Å². The molecule has 2 aromatic rings. The first-order valence-corrected chi connectivity index (χ1v) is 7.15. The second kappa shape index (κ2) is 5.63. The minimum atomic E-state index is 0.0350. The van der Waals surface area contributed by atoms with Crippen molar-refractivity contribution in [1.29, 1.82) is 5.41 Å². The van der Waals surface area contributed by atoms with Crippen molar-refractivity contribution in [1.82, 2.24) is 10.2 Å². The van der Waals surface area contributed by atoms with Crippen LogP contribution in [0, 0.1) is 33.1 Å². The molecule has 0 aliphatic heterocycles. The molecule has 0 atom stereocenters. The Morgan fingerprint density at radius 1 is 1.15 bits per heavy atom. The third-order valence-corrected chi connectivity index (χ3v) is 4.39. The van der Waals surface area contributed by atoms with Crippen LogP contribution in [0.5, 0.6) is 0 Å². The van der Waals surface area contributed by atoms with E-state index in [4.69, 9.17) is 11.1 Å². The van der Waals surface area contributed by atoms with Crippen molar-refractivity contribution in [2.75, 3.05) is 0 Å². The molecule has 4 nitrogen and oxygen atoms in total. The summed E-state index contributed by atoms with van der Waals surface area (Å²) >= 11 is 1.51. The van der Waals surface area contributed by atoms with E-state index in [1.807, 2.05) is 13.8 Å². The van der Waals surface area contributed by atoms with E-state index in [9.17, 15) is 0 Å². The Morgan fingerprint density at radius 2 is 1.85 bits per heavy atom. The van der Waals surface area contributed by atoms with Gasteiger partial charge in [0.2, 0.25) is 0 Å². The van der Waals surface area contributed by atoms with Crippen molar-refractivity contribution in [3.05, 3.63) is 46.1 Å². The molecule has 0 fully saturated rings. The fourth-order valence-corrected chi connectivity index (χ4v) is 3.00. The first-order chi connectivity index (χ1) is 9.40. The number of nitrogens with two attached hydrogens (primary N) is 1. The molecular formula is C15H18N4S. The molecule has 1 aromatic heterocycles. The van der Waals surface area contributed by atoms with Crippen LogP contribution in [0.3, 0.4) is 0 Å². The van der Waals surface area contributed by atoms with Crippen molar-refractivity contribution in [2.45, 2.75) is 37.6 Å². The SMILES string of the molecule is Cc1ccc(Sc2nnc(C)c(C)c2C(=N)N)c(C)c1. The molecule has 0 bridgehead atoms. The minimum absolute atomic E-state index is 0.0350. The van der Waals surface area contributed by atoms with Gasteiger partial charge in [-0.05, 0) is 44.9 Å². The normalized spacial score (nSPS) is 10.6. The summed E-state index contributed by atoms with van der Waals surface area (Å²) < 4.78 is 0. The molecular weight excluding hydrogens is 268 g/mol. The van der Waals surface area contributed by atoms with Crippen LogP contribution in [-0.4, -0.2) is 16.0 Å². The lowest BCUT2D eigenvalue weighted by atomic mass is 10.1. The monoisotopic (exact) mass is 286 g/mol. The standard InChI is InChI=1S/C15H18N4S/c1-8-5-6-12(9(2)7-8)20-15-13(14(16)17)10(3)11(4)18-19-15/h5-7H,1-4H3,(H3,16,17). The minimum Gasteiger partial charge on any atom is -0.384 e. The number of nitrogen functional groups attached to an aromatic ring is 1. The lowest BCUT2D eigenvalue weighted by Gasteiger charge is -2.12. The summed E-state index contributed by atoms with van der Waals surface area (Å²) in [6.45, 7) is 7.93. The summed E-state index contributed by atoms with van der Waals surface area (Å²) in [4.78, 5) is 1.11. The number of hydrogen-bond acceptors (Lipinski definition) is 4.